The molecule has 0 fully saturated rings. The van der Waals surface area contributed by atoms with Gasteiger partial charge in [-0.25, -0.2) is 4.79 Å². The molecule has 0 atom stereocenters. The van der Waals surface area contributed by atoms with Crippen molar-refractivity contribution >= 4 is 72.1 Å². The first-order valence-corrected chi connectivity index (χ1v) is 28.6. The van der Waals surface area contributed by atoms with Crippen LogP contribution in [0.25, 0.3) is 0 Å². The van der Waals surface area contributed by atoms with Gasteiger partial charge in [0.25, 0.3) is 5.91 Å². The zero-order valence-electron chi connectivity index (χ0n) is 32.2. The summed E-state index contributed by atoms with van der Waals surface area (Å²) in [5.41, 5.74) is 12.3. The van der Waals surface area contributed by atoms with Crippen LogP contribution in [0.15, 0.2) is 140 Å². The Labute approximate surface area is 329 Å². The molecule has 5 aromatic rings. The topological polar surface area (TPSA) is 146 Å². The smallest absolute Gasteiger partial charge is 0.388 e. The number of amides is 1. The monoisotopic (exact) mass is 807 g/mol. The lowest BCUT2D eigenvalue weighted by atomic mass is 10.1. The summed E-state index contributed by atoms with van der Waals surface area (Å²) >= 11 is 0. The number of nitrogens with two attached hydrogens (primary N) is 2. The summed E-state index contributed by atoms with van der Waals surface area (Å²) in [5, 5.41) is 16.4. The minimum absolute atomic E-state index is 0.0322. The maximum atomic E-state index is 13.1. The summed E-state index contributed by atoms with van der Waals surface area (Å²) in [5.74, 6) is -1.52. The van der Waals surface area contributed by atoms with Crippen LogP contribution in [0.1, 0.15) is 33.6 Å². The van der Waals surface area contributed by atoms with E-state index in [9.17, 15) is 14.7 Å². The number of carboxylic acids is 1. The second-order valence-electron chi connectivity index (χ2n) is 14.9. The number of carbonyl (C=O) groups excluding carboxylic acids is 1. The van der Waals surface area contributed by atoms with Crippen LogP contribution in [0.3, 0.4) is 0 Å². The molecule has 0 aliphatic heterocycles. The van der Waals surface area contributed by atoms with Crippen molar-refractivity contribution in [1.29, 1.82) is 0 Å². The number of benzene rings is 5. The lowest BCUT2D eigenvalue weighted by molar-refractivity contribution is 0.0697. The Hall–Kier alpha value is -4.45. The minimum atomic E-state index is -3.63. The van der Waals surface area contributed by atoms with E-state index in [4.69, 9.17) is 23.8 Å². The third kappa shape index (κ3) is 10.7. The van der Waals surface area contributed by atoms with E-state index in [1.54, 1.807) is 0 Å². The Morgan fingerprint density at radius 1 is 0.582 bits per heavy atom. The zero-order chi connectivity index (χ0) is 39.5. The highest BCUT2D eigenvalue weighted by atomic mass is 28.5. The van der Waals surface area contributed by atoms with Gasteiger partial charge in [-0.3, -0.25) is 4.79 Å². The summed E-state index contributed by atoms with van der Waals surface area (Å²) in [6.45, 7) is 9.89. The maximum absolute atomic E-state index is 13.1. The lowest BCUT2D eigenvalue weighted by Gasteiger charge is -2.47. The predicted octanol–water partition coefficient (Wildman–Crippen LogP) is 5.41. The Morgan fingerprint density at radius 3 is 1.35 bits per heavy atom. The third-order valence-corrected chi connectivity index (χ3v) is 25.9. The Bertz CT molecular complexity index is 1930. The molecule has 0 aromatic heterocycles. The van der Waals surface area contributed by atoms with Gasteiger partial charge >= 0.3 is 23.1 Å². The molecule has 0 aliphatic rings. The molecule has 0 radical (unpaired) electrons. The molecule has 5 rings (SSSR count). The van der Waals surface area contributed by atoms with Gasteiger partial charge in [0.05, 0.1) is 5.56 Å². The van der Waals surface area contributed by atoms with Crippen LogP contribution in [0.2, 0.25) is 38.3 Å². The largest absolute Gasteiger partial charge is 0.478 e. The molecular formula is C42H53N3O6Si4. The minimum Gasteiger partial charge on any atom is -0.478 e. The number of rotatable bonds is 19. The van der Waals surface area contributed by atoms with Gasteiger partial charge in [0.2, 0.25) is 0 Å². The van der Waals surface area contributed by atoms with Gasteiger partial charge < -0.3 is 34.2 Å². The third-order valence-electron chi connectivity index (χ3n) is 9.43. The number of carboxylic acid groups (broad SMARTS) is 1. The molecule has 1 amide bonds. The summed E-state index contributed by atoms with van der Waals surface area (Å²) in [6, 6.07) is 47.2. The van der Waals surface area contributed by atoms with Gasteiger partial charge in [-0.1, -0.05) is 121 Å². The molecule has 0 spiro atoms. The highest BCUT2D eigenvalue weighted by Crippen LogP contribution is 2.29. The molecule has 0 heterocycles. The van der Waals surface area contributed by atoms with Crippen molar-refractivity contribution in [3.05, 3.63) is 151 Å². The van der Waals surface area contributed by atoms with E-state index in [-0.39, 0.29) is 22.7 Å². The fourth-order valence-electron chi connectivity index (χ4n) is 6.81. The van der Waals surface area contributed by atoms with Crippen LogP contribution in [0.5, 0.6) is 0 Å². The average molecular weight is 808 g/mol. The number of anilines is 1. The summed E-state index contributed by atoms with van der Waals surface area (Å²) < 4.78 is 23.5. The normalized spacial score (nSPS) is 12.3. The number of hydrogen-bond acceptors (Lipinski definition) is 7. The zero-order valence-corrected chi connectivity index (χ0v) is 36.2. The number of aromatic carboxylic acids is 1. The van der Waals surface area contributed by atoms with Gasteiger partial charge in [0, 0.05) is 17.8 Å². The van der Waals surface area contributed by atoms with Crippen LogP contribution in [0.4, 0.5) is 5.69 Å². The number of hydrogen-bond donors (Lipinski definition) is 4. The predicted molar refractivity (Wildman–Crippen MR) is 232 cm³/mol. The molecule has 55 heavy (non-hydrogen) atoms. The number of nitrogen functional groups attached to an aromatic ring is 1. The average Bonchev–Trinajstić information content (AvgIpc) is 3.19. The van der Waals surface area contributed by atoms with Crippen molar-refractivity contribution < 1.29 is 27.0 Å². The van der Waals surface area contributed by atoms with E-state index in [1.807, 2.05) is 48.5 Å². The van der Waals surface area contributed by atoms with Crippen molar-refractivity contribution in [3.8, 4) is 0 Å². The van der Waals surface area contributed by atoms with E-state index in [0.29, 0.717) is 25.6 Å². The Kier molecular flexibility index (Phi) is 14.0. The molecule has 0 aliphatic carbocycles. The van der Waals surface area contributed by atoms with E-state index >= 15 is 0 Å². The molecule has 6 N–H and O–H groups in total. The van der Waals surface area contributed by atoms with Gasteiger partial charge in [0.1, 0.15) is 0 Å². The van der Waals surface area contributed by atoms with Crippen LogP contribution in [0, 0.1) is 0 Å². The van der Waals surface area contributed by atoms with Crippen molar-refractivity contribution in [1.82, 2.24) is 5.32 Å². The molecule has 288 valence electrons. The molecule has 9 nitrogen and oxygen atoms in total. The maximum Gasteiger partial charge on any atom is 0.388 e. The summed E-state index contributed by atoms with van der Waals surface area (Å²) in [6.07, 6.45) is 1.50. The summed E-state index contributed by atoms with van der Waals surface area (Å²) in [4.78, 5) is 24.7. The van der Waals surface area contributed by atoms with Crippen LogP contribution in [-0.2, 0) is 12.3 Å². The van der Waals surface area contributed by atoms with Crippen molar-refractivity contribution in [2.24, 2.45) is 5.73 Å². The molecule has 0 unspecified atom stereocenters. The van der Waals surface area contributed by atoms with E-state index < -0.39 is 39.7 Å². The second kappa shape index (κ2) is 18.5. The second-order valence-corrected chi connectivity index (χ2v) is 30.2. The molecule has 0 saturated heterocycles. The fraction of sp³-hybridized carbons (Fsp3) is 0.238. The van der Waals surface area contributed by atoms with Crippen LogP contribution >= 0.6 is 0 Å². The fourth-order valence-corrected chi connectivity index (χ4v) is 25.6. The molecular weight excluding hydrogens is 755 g/mol. The highest BCUT2D eigenvalue weighted by molar-refractivity contribution is 7.08. The first-order valence-electron chi connectivity index (χ1n) is 18.7. The lowest BCUT2D eigenvalue weighted by Crippen LogP contribution is -2.78. The number of nitrogens with one attached hydrogen (secondary N) is 1. The summed E-state index contributed by atoms with van der Waals surface area (Å²) in [7, 11) is -12.2. The molecule has 0 saturated carbocycles. The first kappa shape index (κ1) is 41.7. The van der Waals surface area contributed by atoms with Crippen LogP contribution < -0.4 is 37.5 Å². The van der Waals surface area contributed by atoms with Crippen molar-refractivity contribution in [3.63, 3.8) is 0 Å². The van der Waals surface area contributed by atoms with Crippen molar-refractivity contribution in [2.45, 2.75) is 51.1 Å². The van der Waals surface area contributed by atoms with Gasteiger partial charge in [-0.15, -0.1) is 0 Å². The molecule has 13 heteroatoms. The highest BCUT2D eigenvalue weighted by Gasteiger charge is 2.57. The van der Waals surface area contributed by atoms with Crippen molar-refractivity contribution in [2.75, 3.05) is 18.8 Å². The van der Waals surface area contributed by atoms with Gasteiger partial charge in [-0.05, 0) is 96.6 Å². The van der Waals surface area contributed by atoms with Crippen LogP contribution in [-0.4, -0.2) is 63.8 Å². The number of carbonyl (C=O) groups is 2. The molecule has 0 bridgehead atoms. The Balaban J connectivity index is 1.58. The van der Waals surface area contributed by atoms with Gasteiger partial charge in [-0.2, -0.15) is 0 Å². The first-order chi connectivity index (χ1) is 26.3. The van der Waals surface area contributed by atoms with E-state index in [0.717, 1.165) is 33.2 Å². The molecule has 5 aromatic carbocycles. The standard InChI is InChI=1S/C42H53N3O6Si4/c1-52(2,29-17-27-43)49-54(37-19-9-5-10-20-37,38-21-11-6-12-22-38)51-55(39-23-13-7-14-24-39,40-25-15-8-16-26-40)50-53(3,4)30-18-28-45-41(46)34-31-35(42(47)48)33-36(44)32-34/h5-16,19-26,31-33H,17-18,27-30,43-44H2,1-4H3,(H,45,46)(H,47,48). The van der Waals surface area contributed by atoms with E-state index in [2.05, 4.69) is 104 Å². The Morgan fingerprint density at radius 2 is 0.964 bits per heavy atom. The van der Waals surface area contributed by atoms with E-state index in [1.165, 1.54) is 18.2 Å². The van der Waals surface area contributed by atoms with Gasteiger partial charge in [0.15, 0.2) is 16.6 Å². The quantitative estimate of drug-likeness (QED) is 0.0493. The SMILES string of the molecule is C[Si](C)(CCCN)O[Si](O[Si](O[Si](C)(C)CCCNC(=O)c1cc(N)cc(C(=O)O)c1)(c1ccccc1)c1ccccc1)(c1ccccc1)c1ccccc1.